The zero-order valence-electron chi connectivity index (χ0n) is 12.6. The minimum atomic E-state index is -0.403. The highest BCUT2D eigenvalue weighted by Crippen LogP contribution is 2.31. The number of ether oxygens (including phenoxy) is 1. The van der Waals surface area contributed by atoms with Crippen LogP contribution in [0.3, 0.4) is 0 Å². The van der Waals surface area contributed by atoms with Crippen LogP contribution >= 0.6 is 11.6 Å². The molecule has 0 heterocycles. The van der Waals surface area contributed by atoms with Crippen LogP contribution in [0.2, 0.25) is 5.02 Å². The number of methoxy groups -OCH3 is 1. The van der Waals surface area contributed by atoms with Gasteiger partial charge in [-0.3, -0.25) is 4.79 Å². The van der Waals surface area contributed by atoms with Crippen molar-refractivity contribution in [2.45, 2.75) is 44.7 Å². The van der Waals surface area contributed by atoms with Crippen LogP contribution in [-0.4, -0.2) is 18.6 Å². The van der Waals surface area contributed by atoms with Gasteiger partial charge in [0.1, 0.15) is 5.75 Å². The fourth-order valence-corrected chi connectivity index (χ4v) is 3.20. The molecule has 1 amide bonds. The highest BCUT2D eigenvalue weighted by atomic mass is 35.5. The van der Waals surface area contributed by atoms with Gasteiger partial charge in [-0.2, -0.15) is 0 Å². The molecule has 1 aromatic rings. The van der Waals surface area contributed by atoms with Crippen LogP contribution in [0.25, 0.3) is 0 Å². The summed E-state index contributed by atoms with van der Waals surface area (Å²) >= 11 is 6.08. The number of nitrogens with one attached hydrogen (secondary N) is 1. The molecule has 116 valence electrons. The summed E-state index contributed by atoms with van der Waals surface area (Å²) in [5.41, 5.74) is 6.80. The summed E-state index contributed by atoms with van der Waals surface area (Å²) in [6.45, 7) is 2.43. The van der Waals surface area contributed by atoms with Crippen LogP contribution in [0.1, 0.15) is 38.2 Å². The van der Waals surface area contributed by atoms with Crippen molar-refractivity contribution in [2.75, 3.05) is 7.11 Å². The molecule has 0 aliphatic heterocycles. The smallest absolute Gasteiger partial charge is 0.225 e. The standard InChI is InChI=1S/C16H23ClN2O2/c1-16(18)8-4-3-5-12(16)15(20)19-10-11-6-7-14(21-2)13(17)9-11/h6-7,9,12H,3-5,8,10,18H2,1-2H3,(H,19,20). The van der Waals surface area contributed by atoms with E-state index in [2.05, 4.69) is 5.32 Å². The van der Waals surface area contributed by atoms with Crippen molar-refractivity contribution in [3.05, 3.63) is 28.8 Å². The number of halogens is 1. The van der Waals surface area contributed by atoms with E-state index in [9.17, 15) is 4.79 Å². The van der Waals surface area contributed by atoms with Gasteiger partial charge in [-0.1, -0.05) is 30.5 Å². The van der Waals surface area contributed by atoms with E-state index < -0.39 is 5.54 Å². The number of carbonyl (C=O) groups is 1. The van der Waals surface area contributed by atoms with Gasteiger partial charge in [-0.25, -0.2) is 0 Å². The van der Waals surface area contributed by atoms with Gasteiger partial charge < -0.3 is 15.8 Å². The van der Waals surface area contributed by atoms with Crippen molar-refractivity contribution in [3.8, 4) is 5.75 Å². The van der Waals surface area contributed by atoms with Crippen LogP contribution in [0.15, 0.2) is 18.2 Å². The van der Waals surface area contributed by atoms with Crippen LogP contribution in [0.4, 0.5) is 0 Å². The SMILES string of the molecule is COc1ccc(CNC(=O)C2CCCCC2(C)N)cc1Cl. The molecule has 2 rings (SSSR count). The van der Waals surface area contributed by atoms with E-state index in [4.69, 9.17) is 22.1 Å². The maximum Gasteiger partial charge on any atom is 0.225 e. The highest BCUT2D eigenvalue weighted by molar-refractivity contribution is 6.32. The number of amides is 1. The van der Waals surface area contributed by atoms with E-state index in [0.29, 0.717) is 17.3 Å². The fourth-order valence-electron chi connectivity index (χ4n) is 2.92. The Hall–Kier alpha value is -1.26. The Labute approximate surface area is 131 Å². The van der Waals surface area contributed by atoms with E-state index in [-0.39, 0.29) is 11.8 Å². The first-order valence-electron chi connectivity index (χ1n) is 7.33. The minimum absolute atomic E-state index is 0.0339. The third kappa shape index (κ3) is 3.89. The lowest BCUT2D eigenvalue weighted by molar-refractivity contribution is -0.128. The quantitative estimate of drug-likeness (QED) is 0.898. The third-order valence-corrected chi connectivity index (χ3v) is 4.55. The lowest BCUT2D eigenvalue weighted by Gasteiger charge is -2.37. The zero-order valence-corrected chi connectivity index (χ0v) is 13.4. The third-order valence-electron chi connectivity index (χ3n) is 4.25. The lowest BCUT2D eigenvalue weighted by Crippen LogP contribution is -2.52. The van der Waals surface area contributed by atoms with Gasteiger partial charge in [0.25, 0.3) is 0 Å². The second-order valence-corrected chi connectivity index (χ2v) is 6.40. The summed E-state index contributed by atoms with van der Waals surface area (Å²) in [6, 6.07) is 5.51. The maximum absolute atomic E-state index is 12.3. The van der Waals surface area contributed by atoms with E-state index in [0.717, 1.165) is 31.2 Å². The molecule has 2 atom stereocenters. The first-order valence-corrected chi connectivity index (χ1v) is 7.71. The van der Waals surface area contributed by atoms with Gasteiger partial charge in [-0.05, 0) is 37.5 Å². The molecule has 0 radical (unpaired) electrons. The fraction of sp³-hybridized carbons (Fsp3) is 0.562. The molecular weight excluding hydrogens is 288 g/mol. The van der Waals surface area contributed by atoms with Crippen molar-refractivity contribution in [1.82, 2.24) is 5.32 Å². The monoisotopic (exact) mass is 310 g/mol. The van der Waals surface area contributed by atoms with E-state index in [1.807, 2.05) is 19.1 Å². The Balaban J connectivity index is 1.96. The minimum Gasteiger partial charge on any atom is -0.495 e. The maximum atomic E-state index is 12.3. The zero-order chi connectivity index (χ0) is 15.5. The molecule has 1 saturated carbocycles. The molecule has 21 heavy (non-hydrogen) atoms. The van der Waals surface area contributed by atoms with Crippen molar-refractivity contribution < 1.29 is 9.53 Å². The van der Waals surface area contributed by atoms with Crippen LogP contribution in [0.5, 0.6) is 5.75 Å². The van der Waals surface area contributed by atoms with Crippen molar-refractivity contribution >= 4 is 17.5 Å². The lowest BCUT2D eigenvalue weighted by atomic mass is 9.74. The normalized spacial score (nSPS) is 25.4. The Morgan fingerprint density at radius 1 is 1.52 bits per heavy atom. The largest absolute Gasteiger partial charge is 0.495 e. The predicted octanol–water partition coefficient (Wildman–Crippen LogP) is 2.87. The number of rotatable bonds is 4. The summed E-state index contributed by atoms with van der Waals surface area (Å²) in [7, 11) is 1.58. The molecule has 1 fully saturated rings. The molecule has 5 heteroatoms. The van der Waals surface area contributed by atoms with Crippen molar-refractivity contribution in [1.29, 1.82) is 0 Å². The number of nitrogens with two attached hydrogens (primary N) is 1. The van der Waals surface area contributed by atoms with Crippen LogP contribution < -0.4 is 15.8 Å². The molecule has 1 aliphatic rings. The van der Waals surface area contributed by atoms with Gasteiger partial charge >= 0.3 is 0 Å². The molecule has 0 saturated heterocycles. The topological polar surface area (TPSA) is 64.3 Å². The summed E-state index contributed by atoms with van der Waals surface area (Å²) in [5.74, 6) is 0.556. The van der Waals surface area contributed by atoms with Crippen LogP contribution in [0, 0.1) is 5.92 Å². The summed E-state index contributed by atoms with van der Waals surface area (Å²) in [5, 5.41) is 3.52. The summed E-state index contributed by atoms with van der Waals surface area (Å²) in [6.07, 6.45) is 3.94. The predicted molar refractivity (Wildman–Crippen MR) is 84.4 cm³/mol. The Bertz CT molecular complexity index is 517. The first kappa shape index (κ1) is 16.1. The molecule has 0 spiro atoms. The second-order valence-electron chi connectivity index (χ2n) is 5.99. The summed E-state index contributed by atoms with van der Waals surface area (Å²) in [4.78, 5) is 12.3. The van der Waals surface area contributed by atoms with Crippen LogP contribution in [-0.2, 0) is 11.3 Å². The summed E-state index contributed by atoms with van der Waals surface area (Å²) < 4.78 is 5.11. The van der Waals surface area contributed by atoms with Crippen molar-refractivity contribution in [2.24, 2.45) is 11.7 Å². The average molecular weight is 311 g/mol. The molecular formula is C16H23ClN2O2. The Morgan fingerprint density at radius 3 is 2.90 bits per heavy atom. The Kier molecular flexibility index (Phi) is 5.12. The van der Waals surface area contributed by atoms with E-state index in [1.54, 1.807) is 13.2 Å². The molecule has 0 aromatic heterocycles. The number of carbonyl (C=O) groups excluding carboxylic acids is 1. The molecule has 2 unspecified atom stereocenters. The molecule has 0 bridgehead atoms. The van der Waals surface area contributed by atoms with Gasteiger partial charge in [0.15, 0.2) is 0 Å². The molecule has 1 aromatic carbocycles. The first-order chi connectivity index (χ1) is 9.94. The molecule has 1 aliphatic carbocycles. The highest BCUT2D eigenvalue weighted by Gasteiger charge is 2.37. The second kappa shape index (κ2) is 6.67. The van der Waals surface area contributed by atoms with E-state index >= 15 is 0 Å². The van der Waals surface area contributed by atoms with Gasteiger partial charge in [-0.15, -0.1) is 0 Å². The molecule has 3 N–H and O–H groups in total. The number of hydrogen-bond donors (Lipinski definition) is 2. The van der Waals surface area contributed by atoms with Crippen molar-refractivity contribution in [3.63, 3.8) is 0 Å². The van der Waals surface area contributed by atoms with E-state index in [1.165, 1.54) is 0 Å². The van der Waals surface area contributed by atoms with Gasteiger partial charge in [0.05, 0.1) is 18.1 Å². The Morgan fingerprint density at radius 2 is 2.29 bits per heavy atom. The number of hydrogen-bond acceptors (Lipinski definition) is 3. The number of benzene rings is 1. The average Bonchev–Trinajstić information content (AvgIpc) is 2.44. The van der Waals surface area contributed by atoms with Gasteiger partial charge in [0, 0.05) is 12.1 Å². The molecule has 4 nitrogen and oxygen atoms in total. The van der Waals surface area contributed by atoms with Gasteiger partial charge in [0.2, 0.25) is 5.91 Å².